The molecule has 146 valence electrons. The molecule has 1 heterocycles. The van der Waals surface area contributed by atoms with Crippen molar-refractivity contribution in [1.29, 1.82) is 0 Å². The Kier molecular flexibility index (Phi) is 6.46. The monoisotopic (exact) mass is 461 g/mol. The summed E-state index contributed by atoms with van der Waals surface area (Å²) < 4.78 is 12.4. The number of amides is 2. The highest BCUT2D eigenvalue weighted by Gasteiger charge is 2.32. The summed E-state index contributed by atoms with van der Waals surface area (Å²) in [6, 6.07) is 11.8. The Bertz CT molecular complexity index is 940. The van der Waals surface area contributed by atoms with Gasteiger partial charge in [-0.15, -0.1) is 0 Å². The molecule has 0 spiro atoms. The van der Waals surface area contributed by atoms with Gasteiger partial charge in [0.1, 0.15) is 6.61 Å². The summed E-state index contributed by atoms with van der Waals surface area (Å²) in [6.45, 7) is 4.84. The van der Waals surface area contributed by atoms with Crippen molar-refractivity contribution in [3.8, 4) is 11.5 Å². The molecule has 28 heavy (non-hydrogen) atoms. The van der Waals surface area contributed by atoms with Gasteiger partial charge in [-0.1, -0.05) is 45.8 Å². The maximum Gasteiger partial charge on any atom is 0.293 e. The molecule has 2 aromatic rings. The average molecular weight is 462 g/mol. The van der Waals surface area contributed by atoms with Crippen molar-refractivity contribution in [2.24, 2.45) is 0 Å². The van der Waals surface area contributed by atoms with Crippen molar-refractivity contribution >= 4 is 44.9 Å². The number of hydrogen-bond donors (Lipinski definition) is 0. The first-order chi connectivity index (χ1) is 13.4. The fourth-order valence-corrected chi connectivity index (χ4v) is 3.83. The third-order valence-electron chi connectivity index (χ3n) is 4.15. The molecule has 2 amide bonds. The van der Waals surface area contributed by atoms with Crippen molar-refractivity contribution in [2.75, 3.05) is 13.7 Å². The van der Waals surface area contributed by atoms with E-state index in [0.717, 1.165) is 32.3 Å². The molecule has 0 bridgehead atoms. The van der Waals surface area contributed by atoms with Gasteiger partial charge in [-0.2, -0.15) is 0 Å². The van der Waals surface area contributed by atoms with Crippen LogP contribution in [0.25, 0.3) is 6.08 Å². The minimum atomic E-state index is -0.306. The van der Waals surface area contributed by atoms with Crippen LogP contribution in [0, 0.1) is 6.92 Å². The third-order valence-corrected chi connectivity index (χ3v) is 5.80. The molecule has 0 N–H and O–H groups in total. The number of carbonyl (C=O) groups is 2. The number of nitrogens with zero attached hydrogens (tertiary/aromatic N) is 1. The van der Waals surface area contributed by atoms with E-state index < -0.39 is 0 Å². The summed E-state index contributed by atoms with van der Waals surface area (Å²) in [5.41, 5.74) is 3.00. The molecule has 1 saturated heterocycles. The zero-order valence-corrected chi connectivity index (χ0v) is 18.2. The normalized spacial score (nSPS) is 15.4. The van der Waals surface area contributed by atoms with Crippen LogP contribution in [-0.2, 0) is 11.4 Å². The predicted octanol–water partition coefficient (Wildman–Crippen LogP) is 5.40. The van der Waals surface area contributed by atoms with E-state index >= 15 is 0 Å². The molecule has 0 aliphatic carbocycles. The van der Waals surface area contributed by atoms with Gasteiger partial charge in [-0.05, 0) is 54.9 Å². The van der Waals surface area contributed by atoms with Gasteiger partial charge >= 0.3 is 0 Å². The summed E-state index contributed by atoms with van der Waals surface area (Å²) >= 11 is 4.45. The van der Waals surface area contributed by atoms with Crippen molar-refractivity contribution in [3.05, 3.63) is 62.5 Å². The van der Waals surface area contributed by atoms with Crippen LogP contribution in [-0.4, -0.2) is 29.7 Å². The van der Waals surface area contributed by atoms with Crippen molar-refractivity contribution in [1.82, 2.24) is 4.90 Å². The van der Waals surface area contributed by atoms with Crippen LogP contribution in [0.4, 0.5) is 4.79 Å². The quantitative estimate of drug-likeness (QED) is 0.538. The molecule has 2 aromatic carbocycles. The Morgan fingerprint density at radius 1 is 1.11 bits per heavy atom. The van der Waals surface area contributed by atoms with Gasteiger partial charge in [-0.25, -0.2) is 0 Å². The van der Waals surface area contributed by atoms with E-state index in [9.17, 15) is 9.59 Å². The number of aryl methyl sites for hydroxylation is 1. The van der Waals surface area contributed by atoms with E-state index in [1.54, 1.807) is 6.08 Å². The minimum absolute atomic E-state index is 0.282. The Morgan fingerprint density at radius 3 is 2.39 bits per heavy atom. The topological polar surface area (TPSA) is 55.8 Å². The van der Waals surface area contributed by atoms with E-state index in [4.69, 9.17) is 9.47 Å². The highest BCUT2D eigenvalue weighted by Crippen LogP contribution is 2.38. The van der Waals surface area contributed by atoms with E-state index in [1.165, 1.54) is 12.6 Å². The summed E-state index contributed by atoms with van der Waals surface area (Å²) in [5, 5.41) is -0.282. The Hall–Kier alpha value is -2.25. The van der Waals surface area contributed by atoms with Crippen LogP contribution in [0.15, 0.2) is 45.8 Å². The van der Waals surface area contributed by atoms with E-state index in [-0.39, 0.29) is 11.1 Å². The number of benzene rings is 2. The second-order valence-electron chi connectivity index (χ2n) is 6.27. The molecule has 3 rings (SSSR count). The number of halogens is 1. The first kappa shape index (κ1) is 20.5. The molecule has 1 aliphatic rings. The van der Waals surface area contributed by atoms with Crippen molar-refractivity contribution < 1.29 is 19.1 Å². The Balaban J connectivity index is 1.86. The van der Waals surface area contributed by atoms with Gasteiger partial charge in [0.2, 0.25) is 0 Å². The molecule has 5 nitrogen and oxygen atoms in total. The smallest absolute Gasteiger partial charge is 0.293 e. The van der Waals surface area contributed by atoms with Crippen LogP contribution in [0.2, 0.25) is 0 Å². The number of likely N-dealkylation sites (N-methyl/N-ethyl adjacent to an activating group) is 1. The molecule has 0 atom stereocenters. The highest BCUT2D eigenvalue weighted by molar-refractivity contribution is 9.10. The maximum atomic E-state index is 12.1. The molecule has 0 saturated carbocycles. The predicted molar refractivity (Wildman–Crippen MR) is 115 cm³/mol. The zero-order valence-electron chi connectivity index (χ0n) is 15.8. The van der Waals surface area contributed by atoms with Crippen LogP contribution in [0.1, 0.15) is 23.6 Å². The Morgan fingerprint density at radius 2 is 1.79 bits per heavy atom. The largest absolute Gasteiger partial charge is 0.490 e. The van der Waals surface area contributed by atoms with Crippen LogP contribution < -0.4 is 9.47 Å². The molecule has 1 aliphatic heterocycles. The fourth-order valence-electron chi connectivity index (χ4n) is 2.57. The van der Waals surface area contributed by atoms with E-state index in [1.807, 2.05) is 50.2 Å². The molecule has 1 fully saturated rings. The first-order valence-corrected chi connectivity index (χ1v) is 10.4. The summed E-state index contributed by atoms with van der Waals surface area (Å²) in [4.78, 5) is 25.3. The van der Waals surface area contributed by atoms with Gasteiger partial charge in [0.05, 0.1) is 11.5 Å². The summed E-state index contributed by atoms with van der Waals surface area (Å²) in [6.07, 6.45) is 1.69. The zero-order chi connectivity index (χ0) is 20.3. The van der Waals surface area contributed by atoms with Gasteiger partial charge in [0, 0.05) is 11.5 Å². The second kappa shape index (κ2) is 8.84. The van der Waals surface area contributed by atoms with Gasteiger partial charge in [0.25, 0.3) is 11.1 Å². The molecule has 0 unspecified atom stereocenters. The standard InChI is InChI=1S/C21H20BrNO4S/c1-4-26-17-9-15(10-19-20(24)23(3)21(25)28-19)16(22)11-18(17)27-12-14-7-5-13(2)6-8-14/h5-11H,4,12H2,1-3H3/b19-10-. The van der Waals surface area contributed by atoms with Gasteiger partial charge in [-0.3, -0.25) is 14.5 Å². The maximum absolute atomic E-state index is 12.1. The number of thioether (sulfide) groups is 1. The lowest BCUT2D eigenvalue weighted by Crippen LogP contribution is -2.22. The second-order valence-corrected chi connectivity index (χ2v) is 8.12. The average Bonchev–Trinajstić information content (AvgIpc) is 2.91. The molecular formula is C21H20BrNO4S. The van der Waals surface area contributed by atoms with Crippen molar-refractivity contribution in [2.45, 2.75) is 20.5 Å². The molecule has 7 heteroatoms. The number of rotatable bonds is 6. The van der Waals surface area contributed by atoms with Crippen LogP contribution in [0.5, 0.6) is 11.5 Å². The van der Waals surface area contributed by atoms with Gasteiger partial charge in [0.15, 0.2) is 11.5 Å². The highest BCUT2D eigenvalue weighted by atomic mass is 79.9. The Labute approximate surface area is 176 Å². The van der Waals surface area contributed by atoms with E-state index in [2.05, 4.69) is 15.9 Å². The number of imide groups is 1. The van der Waals surface area contributed by atoms with Crippen LogP contribution >= 0.6 is 27.7 Å². The summed E-state index contributed by atoms with van der Waals surface area (Å²) in [7, 11) is 1.47. The first-order valence-electron chi connectivity index (χ1n) is 8.75. The number of ether oxygens (including phenoxy) is 2. The lowest BCUT2D eigenvalue weighted by molar-refractivity contribution is -0.121. The lowest BCUT2D eigenvalue weighted by atomic mass is 10.1. The number of hydrogen-bond acceptors (Lipinski definition) is 5. The molecule has 0 aromatic heterocycles. The lowest BCUT2D eigenvalue weighted by Gasteiger charge is -2.14. The van der Waals surface area contributed by atoms with Gasteiger partial charge < -0.3 is 9.47 Å². The van der Waals surface area contributed by atoms with Crippen LogP contribution in [0.3, 0.4) is 0 Å². The van der Waals surface area contributed by atoms with E-state index in [0.29, 0.717) is 29.6 Å². The molecular weight excluding hydrogens is 442 g/mol. The third kappa shape index (κ3) is 4.59. The SMILES string of the molecule is CCOc1cc(/C=C2\SC(=O)N(C)C2=O)c(Br)cc1OCc1ccc(C)cc1. The molecule has 0 radical (unpaired) electrons. The summed E-state index contributed by atoms with van der Waals surface area (Å²) in [5.74, 6) is 0.884. The fraction of sp³-hybridized carbons (Fsp3) is 0.238. The number of carbonyl (C=O) groups excluding carboxylic acids is 2. The minimum Gasteiger partial charge on any atom is -0.490 e. The van der Waals surface area contributed by atoms with Crippen molar-refractivity contribution in [3.63, 3.8) is 0 Å².